The van der Waals surface area contributed by atoms with E-state index in [0.717, 1.165) is 5.56 Å². The fourth-order valence-corrected chi connectivity index (χ4v) is 1.88. The molecule has 1 atom stereocenters. The molecule has 1 rings (SSSR count). The monoisotopic (exact) mass is 247 g/mol. The summed E-state index contributed by atoms with van der Waals surface area (Å²) in [5.74, 6) is -0.129. The molecule has 0 spiro atoms. The molecule has 0 radical (unpaired) electrons. The number of nitrogens with two attached hydrogens (primary N) is 1. The zero-order chi connectivity index (χ0) is 13.2. The van der Waals surface area contributed by atoms with Crippen molar-refractivity contribution in [2.45, 2.75) is 39.3 Å². The highest BCUT2D eigenvalue weighted by Crippen LogP contribution is 2.23. The maximum atomic E-state index is 12.2. The van der Waals surface area contributed by atoms with E-state index in [1.54, 1.807) is 13.8 Å². The lowest BCUT2D eigenvalue weighted by Gasteiger charge is -2.16. The van der Waals surface area contributed by atoms with Crippen LogP contribution in [0.4, 0.5) is 13.2 Å². The molecule has 0 amide bonds. The molecule has 0 bridgehead atoms. The first-order chi connectivity index (χ1) is 7.74. The zero-order valence-corrected chi connectivity index (χ0v) is 10.1. The second-order valence-electron chi connectivity index (χ2n) is 4.15. The first-order valence-electron chi connectivity index (χ1n) is 5.35. The van der Waals surface area contributed by atoms with Crippen LogP contribution in [0.25, 0.3) is 0 Å². The van der Waals surface area contributed by atoms with Gasteiger partial charge in [0.25, 0.3) is 0 Å². The largest absolute Gasteiger partial charge is 0.396 e. The van der Waals surface area contributed by atoms with Crippen LogP contribution in [0.5, 0.6) is 0 Å². The molecule has 17 heavy (non-hydrogen) atoms. The summed E-state index contributed by atoms with van der Waals surface area (Å²) in [6.45, 7) is 5.71. The second-order valence-corrected chi connectivity index (χ2v) is 4.15. The molecule has 3 nitrogen and oxygen atoms in total. The van der Waals surface area contributed by atoms with Crippen molar-refractivity contribution in [2.75, 3.05) is 6.54 Å². The third kappa shape index (κ3) is 3.66. The molecule has 0 saturated carbocycles. The van der Waals surface area contributed by atoms with Crippen LogP contribution < -0.4 is 5.73 Å². The van der Waals surface area contributed by atoms with Crippen LogP contribution in [-0.4, -0.2) is 22.7 Å². The van der Waals surface area contributed by atoms with Gasteiger partial charge in [-0.2, -0.15) is 13.2 Å². The zero-order valence-electron chi connectivity index (χ0n) is 10.1. The maximum Gasteiger partial charge on any atom is 0.396 e. The van der Waals surface area contributed by atoms with Crippen LogP contribution in [0.15, 0.2) is 0 Å². The fraction of sp³-hybridized carbons (Fsp3) is 0.636. The van der Waals surface area contributed by atoms with Gasteiger partial charge < -0.3 is 5.73 Å². The van der Waals surface area contributed by atoms with E-state index in [-0.39, 0.29) is 11.7 Å². The van der Waals surface area contributed by atoms with Crippen molar-refractivity contribution in [3.05, 3.63) is 22.8 Å². The number of hydrogen-bond acceptors (Lipinski definition) is 3. The van der Waals surface area contributed by atoms with Crippen LogP contribution in [0.1, 0.15) is 35.6 Å². The number of nitrogens with zero attached hydrogens (tertiary/aromatic N) is 2. The van der Waals surface area contributed by atoms with Crippen LogP contribution >= 0.6 is 0 Å². The van der Waals surface area contributed by atoms with Gasteiger partial charge in [-0.3, -0.25) is 0 Å². The van der Waals surface area contributed by atoms with Crippen molar-refractivity contribution in [3.8, 4) is 0 Å². The summed E-state index contributed by atoms with van der Waals surface area (Å²) >= 11 is 0. The molecular weight excluding hydrogens is 231 g/mol. The number of alkyl halides is 3. The Morgan fingerprint density at radius 3 is 2.00 bits per heavy atom. The lowest BCUT2D eigenvalue weighted by atomic mass is 9.98. The maximum absolute atomic E-state index is 12.2. The summed E-state index contributed by atoms with van der Waals surface area (Å²) in [6, 6.07) is 0. The minimum atomic E-state index is -4.28. The molecule has 0 aromatic carbocycles. The Bertz CT molecular complexity index is 378. The van der Waals surface area contributed by atoms with E-state index in [1.807, 2.05) is 6.92 Å². The highest BCUT2D eigenvalue weighted by Gasteiger charge is 2.30. The summed E-state index contributed by atoms with van der Waals surface area (Å²) in [6.07, 6.45) is -5.37. The van der Waals surface area contributed by atoms with Gasteiger partial charge in [0.2, 0.25) is 0 Å². The molecule has 1 aromatic heterocycles. The van der Waals surface area contributed by atoms with Gasteiger partial charge in [0.15, 0.2) is 0 Å². The van der Waals surface area contributed by atoms with E-state index in [0.29, 0.717) is 17.9 Å². The van der Waals surface area contributed by atoms with E-state index in [1.165, 1.54) is 0 Å². The van der Waals surface area contributed by atoms with E-state index in [2.05, 4.69) is 9.97 Å². The van der Waals surface area contributed by atoms with Crippen LogP contribution in [0.3, 0.4) is 0 Å². The highest BCUT2D eigenvalue weighted by atomic mass is 19.4. The van der Waals surface area contributed by atoms with Crippen molar-refractivity contribution in [2.24, 2.45) is 5.73 Å². The quantitative estimate of drug-likeness (QED) is 0.891. The number of halogens is 3. The molecule has 1 aromatic rings. The van der Waals surface area contributed by atoms with Gasteiger partial charge in [-0.1, -0.05) is 6.92 Å². The minimum absolute atomic E-state index is 0.0509. The predicted molar refractivity (Wildman–Crippen MR) is 58.7 cm³/mol. The van der Waals surface area contributed by atoms with E-state index < -0.39 is 12.6 Å². The second kappa shape index (κ2) is 5.00. The molecule has 1 unspecified atom stereocenters. The van der Waals surface area contributed by atoms with Gasteiger partial charge in [-0.25, -0.2) is 9.97 Å². The molecule has 0 fully saturated rings. The minimum Gasteiger partial charge on any atom is -0.330 e. The van der Waals surface area contributed by atoms with Crippen molar-refractivity contribution in [3.63, 3.8) is 0 Å². The smallest absolute Gasteiger partial charge is 0.330 e. The fourth-order valence-electron chi connectivity index (χ4n) is 1.88. The Morgan fingerprint density at radius 1 is 1.18 bits per heavy atom. The predicted octanol–water partition coefficient (Wildman–Crippen LogP) is 2.26. The van der Waals surface area contributed by atoms with Gasteiger partial charge >= 0.3 is 6.18 Å². The molecule has 0 aliphatic heterocycles. The van der Waals surface area contributed by atoms with Gasteiger partial charge in [0, 0.05) is 11.4 Å². The molecule has 2 N–H and O–H groups in total. The van der Waals surface area contributed by atoms with Crippen molar-refractivity contribution >= 4 is 0 Å². The standard InChI is InChI=1S/C11H16F3N3/c1-6(5-15)10-7(2)16-9(17-8(10)3)4-11(12,13)14/h6H,4-5,15H2,1-3H3. The summed E-state index contributed by atoms with van der Waals surface area (Å²) in [5.41, 5.74) is 7.55. The molecular formula is C11H16F3N3. The van der Waals surface area contributed by atoms with Gasteiger partial charge in [-0.15, -0.1) is 0 Å². The van der Waals surface area contributed by atoms with Gasteiger partial charge in [0.1, 0.15) is 12.2 Å². The molecule has 96 valence electrons. The van der Waals surface area contributed by atoms with Gasteiger partial charge in [0.05, 0.1) is 0 Å². The topological polar surface area (TPSA) is 51.8 Å². The third-order valence-corrected chi connectivity index (χ3v) is 2.58. The Labute approximate surface area is 98.3 Å². The van der Waals surface area contributed by atoms with Crippen LogP contribution in [0.2, 0.25) is 0 Å². The first-order valence-corrected chi connectivity index (χ1v) is 5.35. The lowest BCUT2D eigenvalue weighted by molar-refractivity contribution is -0.128. The first kappa shape index (κ1) is 13.9. The normalized spacial score (nSPS) is 13.8. The van der Waals surface area contributed by atoms with E-state index in [9.17, 15) is 13.2 Å². The van der Waals surface area contributed by atoms with E-state index >= 15 is 0 Å². The number of aryl methyl sites for hydroxylation is 2. The SMILES string of the molecule is Cc1nc(CC(F)(F)F)nc(C)c1C(C)CN. The van der Waals surface area contributed by atoms with E-state index in [4.69, 9.17) is 5.73 Å². The van der Waals surface area contributed by atoms with Crippen LogP contribution in [-0.2, 0) is 6.42 Å². The molecule has 1 heterocycles. The number of hydrogen-bond donors (Lipinski definition) is 1. The number of aromatic nitrogens is 2. The molecule has 6 heteroatoms. The van der Waals surface area contributed by atoms with Crippen molar-refractivity contribution < 1.29 is 13.2 Å². The summed E-state index contributed by atoms with van der Waals surface area (Å²) in [7, 11) is 0. The Kier molecular flexibility index (Phi) is 4.08. The Balaban J connectivity index is 3.10. The number of rotatable bonds is 3. The molecule has 0 aliphatic carbocycles. The average Bonchev–Trinajstić information content (AvgIpc) is 2.13. The molecule has 0 saturated heterocycles. The highest BCUT2D eigenvalue weighted by molar-refractivity contribution is 5.28. The average molecular weight is 247 g/mol. The van der Waals surface area contributed by atoms with Crippen molar-refractivity contribution in [1.82, 2.24) is 9.97 Å². The Hall–Kier alpha value is -1.17. The lowest BCUT2D eigenvalue weighted by Crippen LogP contribution is -2.18. The summed E-state index contributed by atoms with van der Waals surface area (Å²) < 4.78 is 36.7. The van der Waals surface area contributed by atoms with Crippen LogP contribution in [0, 0.1) is 13.8 Å². The van der Waals surface area contributed by atoms with Gasteiger partial charge in [-0.05, 0) is 31.9 Å². The Morgan fingerprint density at radius 2 is 1.65 bits per heavy atom. The van der Waals surface area contributed by atoms with Crippen molar-refractivity contribution in [1.29, 1.82) is 0 Å². The third-order valence-electron chi connectivity index (χ3n) is 2.58. The summed E-state index contributed by atoms with van der Waals surface area (Å²) in [5, 5.41) is 0. The molecule has 0 aliphatic rings. The summed E-state index contributed by atoms with van der Waals surface area (Å²) in [4.78, 5) is 7.80.